The summed E-state index contributed by atoms with van der Waals surface area (Å²) in [5, 5.41) is 3.12. The van der Waals surface area contributed by atoms with E-state index in [1.165, 1.54) is 4.90 Å². The highest BCUT2D eigenvalue weighted by Gasteiger charge is 2.35. The van der Waals surface area contributed by atoms with Crippen molar-refractivity contribution < 1.29 is 9.59 Å². The van der Waals surface area contributed by atoms with Crippen molar-refractivity contribution in [3.05, 3.63) is 28.8 Å². The maximum absolute atomic E-state index is 12.0. The number of anilines is 1. The van der Waals surface area contributed by atoms with E-state index in [0.29, 0.717) is 17.1 Å². The summed E-state index contributed by atoms with van der Waals surface area (Å²) >= 11 is 6.24. The quantitative estimate of drug-likeness (QED) is 0.889. The van der Waals surface area contributed by atoms with Gasteiger partial charge in [-0.3, -0.25) is 14.5 Å². The minimum atomic E-state index is -0.481. The van der Waals surface area contributed by atoms with Gasteiger partial charge >= 0.3 is 0 Å². The van der Waals surface area contributed by atoms with E-state index >= 15 is 0 Å². The smallest absolute Gasteiger partial charge is 0.247 e. The lowest BCUT2D eigenvalue weighted by atomic mass is 10.1. The normalized spacial score (nSPS) is 19.9. The van der Waals surface area contributed by atoms with Gasteiger partial charge in [0.15, 0.2) is 0 Å². The second-order valence-electron chi connectivity index (χ2n) is 4.31. The predicted octanol–water partition coefficient (Wildman–Crippen LogP) is 1.89. The molecular weight excluding hydrogens is 252 g/mol. The third kappa shape index (κ3) is 2.08. The van der Waals surface area contributed by atoms with E-state index in [0.717, 1.165) is 5.56 Å². The number of aryl methyl sites for hydroxylation is 1. The highest BCUT2D eigenvalue weighted by atomic mass is 35.5. The summed E-state index contributed by atoms with van der Waals surface area (Å²) in [6, 6.07) is 5.00. The first kappa shape index (κ1) is 12.9. The summed E-state index contributed by atoms with van der Waals surface area (Å²) in [5.41, 5.74) is 1.51. The Labute approximate surface area is 111 Å². The summed E-state index contributed by atoms with van der Waals surface area (Å²) in [7, 11) is 0. The summed E-state index contributed by atoms with van der Waals surface area (Å²) in [6.07, 6.45) is 0.557. The lowest BCUT2D eigenvalue weighted by Gasteiger charge is -2.35. The van der Waals surface area contributed by atoms with Crippen molar-refractivity contribution in [1.82, 2.24) is 5.32 Å². The number of nitrogens with zero attached hydrogens (tertiary/aromatic N) is 1. The van der Waals surface area contributed by atoms with E-state index < -0.39 is 6.04 Å². The van der Waals surface area contributed by atoms with Crippen LogP contribution in [0.5, 0.6) is 0 Å². The monoisotopic (exact) mass is 266 g/mol. The van der Waals surface area contributed by atoms with Gasteiger partial charge in [0, 0.05) is 0 Å². The molecule has 0 spiro atoms. The molecule has 1 saturated heterocycles. The van der Waals surface area contributed by atoms with Crippen molar-refractivity contribution in [2.75, 3.05) is 11.4 Å². The van der Waals surface area contributed by atoms with Crippen molar-refractivity contribution in [1.29, 1.82) is 0 Å². The zero-order valence-electron chi connectivity index (χ0n) is 10.4. The Balaban J connectivity index is 2.48. The number of rotatable bonds is 2. The first-order valence-electron chi connectivity index (χ1n) is 5.91. The van der Waals surface area contributed by atoms with E-state index in [1.54, 1.807) is 6.07 Å². The minimum absolute atomic E-state index is 0.0274. The number of piperazine rings is 1. The van der Waals surface area contributed by atoms with Gasteiger partial charge in [0.1, 0.15) is 6.04 Å². The highest BCUT2D eigenvalue weighted by molar-refractivity contribution is 6.34. The number of hydrogen-bond acceptors (Lipinski definition) is 2. The van der Waals surface area contributed by atoms with Crippen LogP contribution in [0.2, 0.25) is 5.02 Å². The number of benzene rings is 1. The summed E-state index contributed by atoms with van der Waals surface area (Å²) < 4.78 is 0. The Morgan fingerprint density at radius 1 is 1.44 bits per heavy atom. The van der Waals surface area contributed by atoms with E-state index in [1.807, 2.05) is 26.0 Å². The van der Waals surface area contributed by atoms with Crippen molar-refractivity contribution >= 4 is 29.1 Å². The predicted molar refractivity (Wildman–Crippen MR) is 70.8 cm³/mol. The van der Waals surface area contributed by atoms with Crippen LogP contribution in [0, 0.1) is 6.92 Å². The molecule has 96 valence electrons. The summed E-state index contributed by atoms with van der Waals surface area (Å²) in [4.78, 5) is 25.3. The standard InChI is InChI=1S/C13H15ClN2O2/c1-3-9-13(18)15-7-11(17)16(9)10-6-4-5-8(2)12(10)14/h4-6,9H,3,7H2,1-2H3,(H,15,18). The van der Waals surface area contributed by atoms with Gasteiger partial charge in [-0.2, -0.15) is 0 Å². The van der Waals surface area contributed by atoms with E-state index in [-0.39, 0.29) is 18.4 Å². The number of amides is 2. The number of hydrogen-bond donors (Lipinski definition) is 1. The van der Waals surface area contributed by atoms with Gasteiger partial charge in [-0.25, -0.2) is 0 Å². The van der Waals surface area contributed by atoms with Gasteiger partial charge in [-0.1, -0.05) is 30.7 Å². The topological polar surface area (TPSA) is 49.4 Å². The maximum Gasteiger partial charge on any atom is 0.247 e. The average molecular weight is 267 g/mol. The molecule has 0 bridgehead atoms. The Hall–Kier alpha value is -1.55. The molecule has 2 rings (SSSR count). The Bertz CT molecular complexity index is 502. The van der Waals surface area contributed by atoms with Crippen molar-refractivity contribution in [2.45, 2.75) is 26.3 Å². The fraction of sp³-hybridized carbons (Fsp3) is 0.385. The minimum Gasteiger partial charge on any atom is -0.345 e. The van der Waals surface area contributed by atoms with E-state index in [9.17, 15) is 9.59 Å². The molecule has 18 heavy (non-hydrogen) atoms. The third-order valence-corrected chi connectivity index (χ3v) is 3.61. The van der Waals surface area contributed by atoms with Gasteiger partial charge in [0.2, 0.25) is 11.8 Å². The summed E-state index contributed by atoms with van der Waals surface area (Å²) in [5.74, 6) is -0.261. The second kappa shape index (κ2) is 4.98. The molecule has 1 unspecified atom stereocenters. The van der Waals surface area contributed by atoms with Crippen LogP contribution in [0.15, 0.2) is 18.2 Å². The van der Waals surface area contributed by atoms with Crippen LogP contribution in [0.3, 0.4) is 0 Å². The van der Waals surface area contributed by atoms with Crippen LogP contribution < -0.4 is 10.2 Å². The van der Waals surface area contributed by atoms with Crippen molar-refractivity contribution in [3.63, 3.8) is 0 Å². The molecular formula is C13H15ClN2O2. The molecule has 0 aliphatic carbocycles. The molecule has 1 heterocycles. The van der Waals surface area contributed by atoms with Gasteiger partial charge in [-0.15, -0.1) is 0 Å². The van der Waals surface area contributed by atoms with Crippen molar-refractivity contribution in [2.24, 2.45) is 0 Å². The molecule has 1 N–H and O–H groups in total. The van der Waals surface area contributed by atoms with E-state index in [2.05, 4.69) is 5.32 Å². The van der Waals surface area contributed by atoms with Gasteiger partial charge in [-0.05, 0) is 25.0 Å². The molecule has 2 amide bonds. The Morgan fingerprint density at radius 3 is 2.83 bits per heavy atom. The van der Waals surface area contributed by atoms with Crippen LogP contribution in [0.4, 0.5) is 5.69 Å². The molecule has 1 aliphatic rings. The highest BCUT2D eigenvalue weighted by Crippen LogP contribution is 2.31. The molecule has 5 heteroatoms. The van der Waals surface area contributed by atoms with Crippen LogP contribution in [-0.2, 0) is 9.59 Å². The molecule has 1 atom stereocenters. The first-order valence-corrected chi connectivity index (χ1v) is 6.29. The fourth-order valence-electron chi connectivity index (χ4n) is 2.14. The van der Waals surface area contributed by atoms with Crippen LogP contribution >= 0.6 is 11.6 Å². The second-order valence-corrected chi connectivity index (χ2v) is 4.69. The number of halogens is 1. The zero-order valence-corrected chi connectivity index (χ0v) is 11.1. The first-order chi connectivity index (χ1) is 8.56. The molecule has 0 radical (unpaired) electrons. The van der Waals surface area contributed by atoms with Gasteiger partial charge < -0.3 is 5.32 Å². The maximum atomic E-state index is 12.0. The molecule has 1 aromatic rings. The van der Waals surface area contributed by atoms with Crippen molar-refractivity contribution in [3.8, 4) is 0 Å². The largest absolute Gasteiger partial charge is 0.345 e. The van der Waals surface area contributed by atoms with Gasteiger partial charge in [0.05, 0.1) is 17.3 Å². The Kier molecular flexibility index (Phi) is 3.57. The van der Waals surface area contributed by atoms with E-state index in [4.69, 9.17) is 11.6 Å². The molecule has 1 aromatic carbocycles. The number of carbonyl (C=O) groups is 2. The zero-order chi connectivity index (χ0) is 13.3. The summed E-state index contributed by atoms with van der Waals surface area (Å²) in [6.45, 7) is 3.78. The number of carbonyl (C=O) groups excluding carboxylic acids is 2. The van der Waals surface area contributed by atoms with Crippen LogP contribution in [0.25, 0.3) is 0 Å². The molecule has 1 fully saturated rings. The lowest BCUT2D eigenvalue weighted by Crippen LogP contribution is -2.58. The fourth-order valence-corrected chi connectivity index (χ4v) is 2.36. The SMILES string of the molecule is CCC1C(=O)NCC(=O)N1c1cccc(C)c1Cl. The molecule has 0 aromatic heterocycles. The Morgan fingerprint density at radius 2 is 2.17 bits per heavy atom. The third-order valence-electron chi connectivity index (χ3n) is 3.11. The molecule has 0 saturated carbocycles. The van der Waals surface area contributed by atoms with Crippen LogP contribution in [-0.4, -0.2) is 24.4 Å². The van der Waals surface area contributed by atoms with Gasteiger partial charge in [0.25, 0.3) is 0 Å². The lowest BCUT2D eigenvalue weighted by molar-refractivity contribution is -0.131. The molecule has 1 aliphatic heterocycles. The number of nitrogens with one attached hydrogen (secondary N) is 1. The average Bonchev–Trinajstić information content (AvgIpc) is 2.36. The molecule has 4 nitrogen and oxygen atoms in total. The van der Waals surface area contributed by atoms with Crippen LogP contribution in [0.1, 0.15) is 18.9 Å².